The van der Waals surface area contributed by atoms with Crippen LogP contribution in [-0.4, -0.2) is 73.2 Å². The molecule has 0 aromatic heterocycles. The number of carbonyl (C=O) groups is 2. The van der Waals surface area contributed by atoms with Crippen LogP contribution in [0, 0.1) is 19.8 Å². The third-order valence-corrected chi connectivity index (χ3v) is 4.87. The lowest BCUT2D eigenvalue weighted by molar-refractivity contribution is -0.122. The fraction of sp³-hybridized carbons (Fsp3) is 0.556. The number of benzene rings is 1. The molecule has 2 bridgehead atoms. The quantitative estimate of drug-likeness (QED) is 0.786. The van der Waals surface area contributed by atoms with Crippen LogP contribution in [0.25, 0.3) is 0 Å². The standard InChI is InChI=1S/C17H24N2O2.CH2O2/c1-12-5-4-6-16(13(12)2)17(20)19-8-14-7-18(3)15(9-19)11-21-10-14;2-1-3/h4-6,14-15H,7-11H2,1-3H3;1H,(H,2,3)/t14-,15+;/m1./s1. The summed E-state index contributed by atoms with van der Waals surface area (Å²) in [6.45, 7) is 7.91. The highest BCUT2D eigenvalue weighted by molar-refractivity contribution is 5.96. The minimum absolute atomic E-state index is 0.170. The van der Waals surface area contributed by atoms with E-state index in [2.05, 4.69) is 24.9 Å². The first kappa shape index (κ1) is 18.4. The Bertz CT molecular complexity index is 590. The van der Waals surface area contributed by atoms with Gasteiger partial charge in [-0.15, -0.1) is 0 Å². The van der Waals surface area contributed by atoms with Crippen molar-refractivity contribution in [2.45, 2.75) is 19.9 Å². The van der Waals surface area contributed by atoms with Crippen molar-refractivity contribution >= 4 is 12.4 Å². The van der Waals surface area contributed by atoms with Crippen LogP contribution >= 0.6 is 0 Å². The number of hydrogen-bond donors (Lipinski definition) is 1. The summed E-state index contributed by atoms with van der Waals surface area (Å²) in [7, 11) is 2.14. The van der Waals surface area contributed by atoms with Gasteiger partial charge in [0.15, 0.2) is 0 Å². The fourth-order valence-electron chi connectivity index (χ4n) is 3.37. The number of carbonyl (C=O) groups excluding carboxylic acids is 1. The first-order chi connectivity index (χ1) is 11.5. The maximum Gasteiger partial charge on any atom is 0.290 e. The number of fused-ring (bicyclic) bond motifs is 3. The largest absolute Gasteiger partial charge is 0.483 e. The van der Waals surface area contributed by atoms with Gasteiger partial charge in [0.25, 0.3) is 12.4 Å². The van der Waals surface area contributed by atoms with E-state index in [1.54, 1.807) is 0 Å². The van der Waals surface area contributed by atoms with Gasteiger partial charge in [0.2, 0.25) is 0 Å². The second kappa shape index (κ2) is 8.26. The van der Waals surface area contributed by atoms with Crippen molar-refractivity contribution < 1.29 is 19.4 Å². The molecule has 0 radical (unpaired) electrons. The van der Waals surface area contributed by atoms with Gasteiger partial charge >= 0.3 is 0 Å². The van der Waals surface area contributed by atoms with E-state index in [4.69, 9.17) is 14.6 Å². The summed E-state index contributed by atoms with van der Waals surface area (Å²) in [5.74, 6) is 0.583. The zero-order valence-electron chi connectivity index (χ0n) is 14.6. The van der Waals surface area contributed by atoms with Crippen molar-refractivity contribution in [3.63, 3.8) is 0 Å². The SMILES string of the molecule is Cc1cccc(C(=O)N2C[C@@H]3COC[C@H](C2)N(C)C3)c1C.O=CO. The van der Waals surface area contributed by atoms with Crippen molar-refractivity contribution in [3.8, 4) is 0 Å². The Morgan fingerprint density at radius 2 is 1.96 bits per heavy atom. The molecule has 1 N–H and O–H groups in total. The van der Waals surface area contributed by atoms with Gasteiger partial charge < -0.3 is 14.7 Å². The lowest BCUT2D eigenvalue weighted by Gasteiger charge is -2.30. The van der Waals surface area contributed by atoms with E-state index >= 15 is 0 Å². The van der Waals surface area contributed by atoms with E-state index in [0.717, 1.165) is 44.0 Å². The van der Waals surface area contributed by atoms with E-state index < -0.39 is 0 Å². The molecule has 1 amide bonds. The molecule has 0 unspecified atom stereocenters. The Kier molecular flexibility index (Phi) is 6.34. The third-order valence-electron chi connectivity index (χ3n) is 4.87. The molecule has 6 nitrogen and oxygen atoms in total. The molecule has 3 rings (SSSR count). The number of amides is 1. The van der Waals surface area contributed by atoms with Gasteiger partial charge in [0, 0.05) is 31.1 Å². The van der Waals surface area contributed by atoms with Crippen LogP contribution in [0.3, 0.4) is 0 Å². The van der Waals surface area contributed by atoms with Gasteiger partial charge in [0.1, 0.15) is 0 Å². The molecule has 0 aliphatic carbocycles. The summed E-state index contributed by atoms with van der Waals surface area (Å²) in [4.78, 5) is 25.7. The summed E-state index contributed by atoms with van der Waals surface area (Å²) in [6, 6.07) is 6.30. The predicted octanol–water partition coefficient (Wildman–Crippen LogP) is 1.41. The maximum atomic E-state index is 12.9. The molecule has 24 heavy (non-hydrogen) atoms. The summed E-state index contributed by atoms with van der Waals surface area (Å²) >= 11 is 0. The molecule has 1 aromatic rings. The molecule has 2 heterocycles. The average Bonchev–Trinajstić information content (AvgIpc) is 2.78. The molecular weight excluding hydrogens is 308 g/mol. The minimum atomic E-state index is -0.250. The first-order valence-corrected chi connectivity index (χ1v) is 8.19. The third kappa shape index (κ3) is 4.13. The molecule has 0 spiro atoms. The number of carboxylic acid groups (broad SMARTS) is 1. The Hall–Kier alpha value is -1.92. The molecule has 2 saturated heterocycles. The zero-order chi connectivity index (χ0) is 17.7. The van der Waals surface area contributed by atoms with Gasteiger partial charge in [-0.3, -0.25) is 14.5 Å². The molecule has 0 saturated carbocycles. The molecule has 2 aliphatic heterocycles. The average molecular weight is 334 g/mol. The number of aryl methyl sites for hydroxylation is 1. The van der Waals surface area contributed by atoms with Gasteiger partial charge in [-0.1, -0.05) is 12.1 Å². The number of rotatable bonds is 1. The Morgan fingerprint density at radius 3 is 2.67 bits per heavy atom. The van der Waals surface area contributed by atoms with E-state index in [9.17, 15) is 4.79 Å². The van der Waals surface area contributed by atoms with Crippen LogP contribution < -0.4 is 0 Å². The van der Waals surface area contributed by atoms with Crippen LogP contribution in [0.2, 0.25) is 0 Å². The van der Waals surface area contributed by atoms with Crippen molar-refractivity contribution in [3.05, 3.63) is 34.9 Å². The van der Waals surface area contributed by atoms with Crippen molar-refractivity contribution in [1.29, 1.82) is 0 Å². The number of ether oxygens (including phenoxy) is 1. The highest BCUT2D eigenvalue weighted by atomic mass is 16.5. The van der Waals surface area contributed by atoms with Crippen molar-refractivity contribution in [2.24, 2.45) is 5.92 Å². The molecule has 6 heteroatoms. The molecule has 132 valence electrons. The number of hydrogen-bond acceptors (Lipinski definition) is 4. The Labute approximate surface area is 143 Å². The molecule has 2 fully saturated rings. The minimum Gasteiger partial charge on any atom is -0.483 e. The lowest BCUT2D eigenvalue weighted by atomic mass is 10.0. The molecular formula is C18H26N2O4. The second-order valence-corrected chi connectivity index (χ2v) is 6.56. The Morgan fingerprint density at radius 1 is 1.25 bits per heavy atom. The normalized spacial score (nSPS) is 23.7. The smallest absolute Gasteiger partial charge is 0.290 e. The lowest BCUT2D eigenvalue weighted by Crippen LogP contribution is -2.44. The maximum absolute atomic E-state index is 12.9. The van der Waals surface area contributed by atoms with Crippen LogP contribution in [0.4, 0.5) is 0 Å². The molecule has 2 atom stereocenters. The van der Waals surface area contributed by atoms with E-state index in [1.165, 1.54) is 5.56 Å². The van der Waals surface area contributed by atoms with Gasteiger partial charge in [-0.25, -0.2) is 0 Å². The van der Waals surface area contributed by atoms with Gasteiger partial charge in [0.05, 0.1) is 19.3 Å². The van der Waals surface area contributed by atoms with Crippen LogP contribution in [0.15, 0.2) is 18.2 Å². The van der Waals surface area contributed by atoms with Crippen LogP contribution in [-0.2, 0) is 9.53 Å². The molecule has 2 aliphatic rings. The topological polar surface area (TPSA) is 70.1 Å². The zero-order valence-corrected chi connectivity index (χ0v) is 14.6. The highest BCUT2D eigenvalue weighted by Crippen LogP contribution is 2.22. The van der Waals surface area contributed by atoms with E-state index in [0.29, 0.717) is 12.0 Å². The summed E-state index contributed by atoms with van der Waals surface area (Å²) < 4.78 is 5.73. The van der Waals surface area contributed by atoms with Crippen LogP contribution in [0.1, 0.15) is 21.5 Å². The second-order valence-electron chi connectivity index (χ2n) is 6.56. The summed E-state index contributed by atoms with van der Waals surface area (Å²) in [5.41, 5.74) is 3.12. The first-order valence-electron chi connectivity index (χ1n) is 8.19. The van der Waals surface area contributed by atoms with Gasteiger partial charge in [-0.2, -0.15) is 0 Å². The molecule has 1 aromatic carbocycles. The monoisotopic (exact) mass is 334 g/mol. The van der Waals surface area contributed by atoms with E-state index in [-0.39, 0.29) is 12.4 Å². The Balaban J connectivity index is 0.000000647. The van der Waals surface area contributed by atoms with Gasteiger partial charge in [-0.05, 0) is 38.1 Å². The van der Waals surface area contributed by atoms with Crippen LogP contribution in [0.5, 0.6) is 0 Å². The predicted molar refractivity (Wildman–Crippen MR) is 91.2 cm³/mol. The fourth-order valence-corrected chi connectivity index (χ4v) is 3.37. The summed E-state index contributed by atoms with van der Waals surface area (Å²) in [5, 5.41) is 6.89. The summed E-state index contributed by atoms with van der Waals surface area (Å²) in [6.07, 6.45) is 0. The van der Waals surface area contributed by atoms with Crippen molar-refractivity contribution in [2.75, 3.05) is 39.9 Å². The number of likely N-dealkylation sites (N-methyl/N-ethyl adjacent to an activating group) is 1. The van der Waals surface area contributed by atoms with Crippen molar-refractivity contribution in [1.82, 2.24) is 9.80 Å². The highest BCUT2D eigenvalue weighted by Gasteiger charge is 2.33. The van der Waals surface area contributed by atoms with E-state index in [1.807, 2.05) is 24.0 Å². The number of nitrogens with zero attached hydrogens (tertiary/aromatic N) is 2.